The molecular weight excluding hydrogens is 292 g/mol. The summed E-state index contributed by atoms with van der Waals surface area (Å²) in [5, 5.41) is 8.46. The Morgan fingerprint density at radius 2 is 1.74 bits per heavy atom. The lowest BCUT2D eigenvalue weighted by Gasteiger charge is -2.11. The summed E-state index contributed by atoms with van der Waals surface area (Å²) in [6.45, 7) is 0.317. The lowest BCUT2D eigenvalue weighted by Crippen LogP contribution is -2.03. The van der Waals surface area contributed by atoms with Crippen LogP contribution in [0.1, 0.15) is 5.69 Å². The Morgan fingerprint density at radius 1 is 1.00 bits per heavy atom. The van der Waals surface area contributed by atoms with Crippen LogP contribution in [0.15, 0.2) is 48.5 Å². The van der Waals surface area contributed by atoms with Gasteiger partial charge in [-0.15, -0.1) is 5.10 Å². The van der Waals surface area contributed by atoms with E-state index in [2.05, 4.69) is 10.3 Å². The van der Waals surface area contributed by atoms with Crippen molar-refractivity contribution in [3.8, 4) is 28.4 Å². The van der Waals surface area contributed by atoms with E-state index in [-0.39, 0.29) is 0 Å². The summed E-state index contributed by atoms with van der Waals surface area (Å²) in [6, 6.07) is 15.5. The molecule has 1 aromatic heterocycles. The number of hydrogen-bond acceptors (Lipinski definition) is 5. The molecule has 0 saturated heterocycles. The van der Waals surface area contributed by atoms with E-state index in [1.165, 1.54) is 0 Å². The van der Waals surface area contributed by atoms with Crippen molar-refractivity contribution in [2.45, 2.75) is 6.54 Å². The van der Waals surface area contributed by atoms with Crippen molar-refractivity contribution in [1.82, 2.24) is 15.0 Å². The third-order valence-electron chi connectivity index (χ3n) is 3.59. The Balaban J connectivity index is 2.16. The molecule has 2 aromatic carbocycles. The SMILES string of the molecule is COc1ccc(-n2nnc(CN)c2-c2ccccc2)cc1OC. The van der Waals surface area contributed by atoms with Gasteiger partial charge in [0.15, 0.2) is 11.5 Å². The molecule has 0 aliphatic carbocycles. The molecule has 0 aliphatic heterocycles. The molecule has 118 valence electrons. The lowest BCUT2D eigenvalue weighted by molar-refractivity contribution is 0.354. The van der Waals surface area contributed by atoms with Crippen LogP contribution < -0.4 is 15.2 Å². The fraction of sp³-hybridized carbons (Fsp3) is 0.176. The van der Waals surface area contributed by atoms with E-state index in [0.29, 0.717) is 18.0 Å². The number of aromatic nitrogens is 3. The quantitative estimate of drug-likeness (QED) is 0.783. The standard InChI is InChI=1S/C17H18N4O2/c1-22-15-9-8-13(10-16(15)23-2)21-17(14(11-18)19-20-21)12-6-4-3-5-7-12/h3-10H,11,18H2,1-2H3. The maximum Gasteiger partial charge on any atom is 0.162 e. The minimum atomic E-state index is 0.317. The number of rotatable bonds is 5. The second-order valence-electron chi connectivity index (χ2n) is 4.91. The van der Waals surface area contributed by atoms with Gasteiger partial charge in [-0.1, -0.05) is 35.5 Å². The Hall–Kier alpha value is -2.86. The van der Waals surface area contributed by atoms with Crippen LogP contribution in [0.3, 0.4) is 0 Å². The van der Waals surface area contributed by atoms with E-state index in [0.717, 1.165) is 22.6 Å². The molecule has 2 N–H and O–H groups in total. The van der Waals surface area contributed by atoms with Crippen LogP contribution in [0.25, 0.3) is 16.9 Å². The topological polar surface area (TPSA) is 75.2 Å². The largest absolute Gasteiger partial charge is 0.493 e. The first-order chi connectivity index (χ1) is 11.3. The Kier molecular flexibility index (Phi) is 4.25. The summed E-state index contributed by atoms with van der Waals surface area (Å²) in [7, 11) is 3.21. The summed E-state index contributed by atoms with van der Waals surface area (Å²) in [5.41, 5.74) is 9.27. The van der Waals surface area contributed by atoms with E-state index in [1.807, 2.05) is 48.5 Å². The fourth-order valence-electron chi connectivity index (χ4n) is 2.47. The molecule has 0 atom stereocenters. The zero-order valence-electron chi connectivity index (χ0n) is 13.1. The zero-order valence-corrected chi connectivity index (χ0v) is 13.1. The number of nitrogens with two attached hydrogens (primary N) is 1. The molecule has 23 heavy (non-hydrogen) atoms. The van der Waals surface area contributed by atoms with Crippen LogP contribution in [-0.2, 0) is 6.54 Å². The Bertz CT molecular complexity index is 800. The number of nitrogens with zero attached hydrogens (tertiary/aromatic N) is 3. The van der Waals surface area contributed by atoms with Crippen LogP contribution in [0, 0.1) is 0 Å². The first kappa shape index (κ1) is 15.1. The summed E-state index contributed by atoms with van der Waals surface area (Å²) in [5.74, 6) is 1.30. The van der Waals surface area contributed by atoms with Crippen molar-refractivity contribution in [2.24, 2.45) is 5.73 Å². The van der Waals surface area contributed by atoms with E-state index < -0.39 is 0 Å². The molecule has 6 heteroatoms. The first-order valence-corrected chi connectivity index (χ1v) is 7.21. The van der Waals surface area contributed by atoms with Crippen LogP contribution in [0.4, 0.5) is 0 Å². The Morgan fingerprint density at radius 3 is 2.39 bits per heavy atom. The summed E-state index contributed by atoms with van der Waals surface area (Å²) >= 11 is 0. The van der Waals surface area contributed by atoms with Crippen molar-refractivity contribution < 1.29 is 9.47 Å². The second kappa shape index (κ2) is 6.50. The molecule has 0 bridgehead atoms. The van der Waals surface area contributed by atoms with Gasteiger partial charge >= 0.3 is 0 Å². The van der Waals surface area contributed by atoms with E-state index in [1.54, 1.807) is 18.9 Å². The van der Waals surface area contributed by atoms with Crippen molar-refractivity contribution in [3.05, 3.63) is 54.2 Å². The van der Waals surface area contributed by atoms with Gasteiger partial charge in [0.25, 0.3) is 0 Å². The third kappa shape index (κ3) is 2.76. The zero-order chi connectivity index (χ0) is 16.2. The fourth-order valence-corrected chi connectivity index (χ4v) is 2.47. The summed E-state index contributed by atoms with van der Waals surface area (Å²) in [4.78, 5) is 0. The molecule has 0 spiro atoms. The van der Waals surface area contributed by atoms with Gasteiger partial charge in [-0.2, -0.15) is 0 Å². The maximum absolute atomic E-state index is 5.82. The summed E-state index contributed by atoms with van der Waals surface area (Å²) in [6.07, 6.45) is 0. The molecule has 0 fully saturated rings. The highest BCUT2D eigenvalue weighted by molar-refractivity contribution is 5.65. The maximum atomic E-state index is 5.82. The number of ether oxygens (including phenoxy) is 2. The monoisotopic (exact) mass is 310 g/mol. The minimum Gasteiger partial charge on any atom is -0.493 e. The summed E-state index contributed by atoms with van der Waals surface area (Å²) < 4.78 is 12.4. The van der Waals surface area contributed by atoms with Crippen LogP contribution in [0.2, 0.25) is 0 Å². The van der Waals surface area contributed by atoms with Gasteiger partial charge in [0, 0.05) is 18.2 Å². The van der Waals surface area contributed by atoms with Crippen LogP contribution in [-0.4, -0.2) is 29.2 Å². The van der Waals surface area contributed by atoms with Crippen LogP contribution in [0.5, 0.6) is 11.5 Å². The van der Waals surface area contributed by atoms with Gasteiger partial charge in [0.05, 0.1) is 25.6 Å². The smallest absolute Gasteiger partial charge is 0.162 e. The number of hydrogen-bond donors (Lipinski definition) is 1. The first-order valence-electron chi connectivity index (χ1n) is 7.21. The average Bonchev–Trinajstić information content (AvgIpc) is 3.05. The Labute approximate surface area is 134 Å². The molecule has 0 unspecified atom stereocenters. The van der Waals surface area contributed by atoms with Crippen molar-refractivity contribution in [2.75, 3.05) is 14.2 Å². The number of methoxy groups -OCH3 is 2. The van der Waals surface area contributed by atoms with Gasteiger partial charge in [-0.25, -0.2) is 4.68 Å². The minimum absolute atomic E-state index is 0.317. The van der Waals surface area contributed by atoms with E-state index in [4.69, 9.17) is 15.2 Å². The average molecular weight is 310 g/mol. The normalized spacial score (nSPS) is 10.6. The number of benzene rings is 2. The molecule has 6 nitrogen and oxygen atoms in total. The molecule has 0 saturated carbocycles. The molecule has 0 amide bonds. The molecule has 0 aliphatic rings. The van der Waals surface area contributed by atoms with Gasteiger partial charge in [0.2, 0.25) is 0 Å². The molecule has 1 heterocycles. The highest BCUT2D eigenvalue weighted by Gasteiger charge is 2.16. The molecule has 3 aromatic rings. The lowest BCUT2D eigenvalue weighted by atomic mass is 10.1. The van der Waals surface area contributed by atoms with Crippen molar-refractivity contribution >= 4 is 0 Å². The van der Waals surface area contributed by atoms with Gasteiger partial charge < -0.3 is 15.2 Å². The predicted molar refractivity (Wildman–Crippen MR) is 87.8 cm³/mol. The van der Waals surface area contributed by atoms with Gasteiger partial charge in [-0.3, -0.25) is 0 Å². The van der Waals surface area contributed by atoms with Crippen molar-refractivity contribution in [1.29, 1.82) is 0 Å². The van der Waals surface area contributed by atoms with Gasteiger partial charge in [-0.05, 0) is 12.1 Å². The van der Waals surface area contributed by atoms with Crippen molar-refractivity contribution in [3.63, 3.8) is 0 Å². The van der Waals surface area contributed by atoms with Crippen LogP contribution >= 0.6 is 0 Å². The third-order valence-corrected chi connectivity index (χ3v) is 3.59. The predicted octanol–water partition coefficient (Wildman–Crippen LogP) is 2.41. The highest BCUT2D eigenvalue weighted by atomic mass is 16.5. The highest BCUT2D eigenvalue weighted by Crippen LogP contribution is 2.31. The van der Waals surface area contributed by atoms with E-state index in [9.17, 15) is 0 Å². The molecule has 0 radical (unpaired) electrons. The van der Waals surface area contributed by atoms with Gasteiger partial charge in [0.1, 0.15) is 5.69 Å². The second-order valence-corrected chi connectivity index (χ2v) is 4.91. The van der Waals surface area contributed by atoms with E-state index >= 15 is 0 Å². The molecular formula is C17H18N4O2. The molecule has 3 rings (SSSR count).